The Balaban J connectivity index is 2.51. The van der Waals surface area contributed by atoms with Gasteiger partial charge in [0.05, 0.1) is 5.41 Å². The van der Waals surface area contributed by atoms with Crippen molar-refractivity contribution in [2.75, 3.05) is 33.7 Å². The number of carbonyl (C=O) groups is 2. The number of likely N-dealkylation sites (N-methyl/N-ethyl adjacent to an activating group) is 1. The van der Waals surface area contributed by atoms with Crippen LogP contribution in [0.4, 0.5) is 4.79 Å². The zero-order chi connectivity index (χ0) is 16.0. The molecule has 1 rings (SSSR count). The SMILES string of the molecule is CCCC1(C(=O)O)CCN(C(=O)NC(C)CN(C)C)CC1. The van der Waals surface area contributed by atoms with Gasteiger partial charge in [-0.25, -0.2) is 4.79 Å². The van der Waals surface area contributed by atoms with E-state index in [4.69, 9.17) is 0 Å². The standard InChI is InChI=1S/C15H29N3O3/c1-5-6-15(13(19)20)7-9-18(10-8-15)14(21)16-12(2)11-17(3)4/h12H,5-11H2,1-4H3,(H,16,21)(H,19,20). The second-order valence-corrected chi connectivity index (χ2v) is 6.44. The Hall–Kier alpha value is -1.30. The van der Waals surface area contributed by atoms with Crippen LogP contribution < -0.4 is 5.32 Å². The summed E-state index contributed by atoms with van der Waals surface area (Å²) in [5, 5.41) is 12.4. The highest BCUT2D eigenvalue weighted by Crippen LogP contribution is 2.36. The lowest BCUT2D eigenvalue weighted by Crippen LogP contribution is -2.52. The Morgan fingerprint density at radius 2 is 1.90 bits per heavy atom. The minimum absolute atomic E-state index is 0.0781. The molecule has 0 spiro atoms. The van der Waals surface area contributed by atoms with Crippen molar-refractivity contribution in [3.63, 3.8) is 0 Å². The molecule has 6 nitrogen and oxygen atoms in total. The van der Waals surface area contributed by atoms with Gasteiger partial charge in [-0.1, -0.05) is 13.3 Å². The minimum Gasteiger partial charge on any atom is -0.481 e. The summed E-state index contributed by atoms with van der Waals surface area (Å²) in [5.74, 6) is -0.717. The zero-order valence-corrected chi connectivity index (χ0v) is 13.7. The van der Waals surface area contributed by atoms with Gasteiger partial charge in [0.2, 0.25) is 0 Å². The molecule has 1 fully saturated rings. The molecule has 1 saturated heterocycles. The number of carboxylic acids is 1. The van der Waals surface area contributed by atoms with E-state index in [0.29, 0.717) is 32.4 Å². The average molecular weight is 299 g/mol. The van der Waals surface area contributed by atoms with Gasteiger partial charge in [0, 0.05) is 25.7 Å². The molecule has 1 heterocycles. The molecule has 1 unspecified atom stereocenters. The first-order chi connectivity index (χ1) is 9.80. The summed E-state index contributed by atoms with van der Waals surface area (Å²) in [6.45, 7) is 5.81. The minimum atomic E-state index is -0.717. The molecule has 0 bridgehead atoms. The monoisotopic (exact) mass is 299 g/mol. The van der Waals surface area contributed by atoms with Gasteiger partial charge < -0.3 is 20.2 Å². The summed E-state index contributed by atoms with van der Waals surface area (Å²) in [6.07, 6.45) is 2.64. The van der Waals surface area contributed by atoms with E-state index < -0.39 is 11.4 Å². The van der Waals surface area contributed by atoms with E-state index in [9.17, 15) is 14.7 Å². The van der Waals surface area contributed by atoms with Gasteiger partial charge in [0.1, 0.15) is 0 Å². The maximum absolute atomic E-state index is 12.2. The Bertz CT molecular complexity index is 363. The number of nitrogens with zero attached hydrogens (tertiary/aromatic N) is 2. The number of carbonyl (C=O) groups excluding carboxylic acids is 1. The first kappa shape index (κ1) is 17.8. The molecule has 0 aromatic rings. The van der Waals surface area contributed by atoms with Gasteiger partial charge in [-0.15, -0.1) is 0 Å². The molecule has 0 saturated carbocycles. The summed E-state index contributed by atoms with van der Waals surface area (Å²) in [6, 6.07) is -0.00543. The summed E-state index contributed by atoms with van der Waals surface area (Å²) in [7, 11) is 3.94. The second kappa shape index (κ2) is 7.64. The molecule has 0 aliphatic carbocycles. The Morgan fingerprint density at radius 3 is 2.33 bits per heavy atom. The van der Waals surface area contributed by atoms with Crippen molar-refractivity contribution in [3.8, 4) is 0 Å². The number of urea groups is 1. The molecule has 1 aliphatic rings. The van der Waals surface area contributed by atoms with Crippen LogP contribution in [0.15, 0.2) is 0 Å². The van der Waals surface area contributed by atoms with Crippen LogP contribution in [0.25, 0.3) is 0 Å². The quantitative estimate of drug-likeness (QED) is 0.781. The van der Waals surface area contributed by atoms with Gasteiger partial charge >= 0.3 is 12.0 Å². The number of hydrogen-bond acceptors (Lipinski definition) is 3. The van der Waals surface area contributed by atoms with Crippen LogP contribution in [-0.2, 0) is 4.79 Å². The Kier molecular flexibility index (Phi) is 6.45. The number of carboxylic acid groups (broad SMARTS) is 1. The Labute approximate surface area is 127 Å². The predicted octanol–water partition coefficient (Wildman–Crippen LogP) is 1.61. The van der Waals surface area contributed by atoms with Gasteiger partial charge in [-0.05, 0) is 40.3 Å². The van der Waals surface area contributed by atoms with Gasteiger partial charge in [-0.3, -0.25) is 4.79 Å². The first-order valence-electron chi connectivity index (χ1n) is 7.74. The van der Waals surface area contributed by atoms with E-state index in [1.807, 2.05) is 32.8 Å². The fourth-order valence-corrected chi connectivity index (χ4v) is 3.08. The number of amides is 2. The molecular weight excluding hydrogens is 270 g/mol. The lowest BCUT2D eigenvalue weighted by atomic mass is 9.75. The molecule has 21 heavy (non-hydrogen) atoms. The van der Waals surface area contributed by atoms with E-state index >= 15 is 0 Å². The molecular formula is C15H29N3O3. The summed E-state index contributed by atoms with van der Waals surface area (Å²) < 4.78 is 0. The van der Waals surface area contributed by atoms with Gasteiger partial charge in [0.25, 0.3) is 0 Å². The maximum atomic E-state index is 12.2. The number of likely N-dealkylation sites (tertiary alicyclic amines) is 1. The first-order valence-corrected chi connectivity index (χ1v) is 7.74. The van der Waals surface area contributed by atoms with Crippen LogP contribution >= 0.6 is 0 Å². The predicted molar refractivity (Wildman–Crippen MR) is 82.3 cm³/mol. The van der Waals surface area contributed by atoms with Crippen molar-refractivity contribution >= 4 is 12.0 Å². The van der Waals surface area contributed by atoms with Crippen LogP contribution in [0.5, 0.6) is 0 Å². The topological polar surface area (TPSA) is 72.9 Å². The largest absolute Gasteiger partial charge is 0.481 e. The van der Waals surface area contributed by atoms with E-state index in [2.05, 4.69) is 5.32 Å². The van der Waals surface area contributed by atoms with Crippen molar-refractivity contribution in [2.24, 2.45) is 5.41 Å². The zero-order valence-electron chi connectivity index (χ0n) is 13.7. The number of piperidine rings is 1. The third kappa shape index (κ3) is 4.88. The average Bonchev–Trinajstić information content (AvgIpc) is 2.38. The molecule has 1 aliphatic heterocycles. The van der Waals surface area contributed by atoms with Crippen molar-refractivity contribution in [1.82, 2.24) is 15.1 Å². The summed E-state index contributed by atoms with van der Waals surface area (Å²) >= 11 is 0. The Morgan fingerprint density at radius 1 is 1.33 bits per heavy atom. The van der Waals surface area contributed by atoms with E-state index in [1.165, 1.54) is 0 Å². The number of hydrogen-bond donors (Lipinski definition) is 2. The van der Waals surface area contributed by atoms with Crippen molar-refractivity contribution in [3.05, 3.63) is 0 Å². The van der Waals surface area contributed by atoms with Gasteiger partial charge in [-0.2, -0.15) is 0 Å². The molecule has 122 valence electrons. The van der Waals surface area contributed by atoms with E-state index in [0.717, 1.165) is 13.0 Å². The van der Waals surface area contributed by atoms with Crippen molar-refractivity contribution < 1.29 is 14.7 Å². The fourth-order valence-electron chi connectivity index (χ4n) is 3.08. The summed E-state index contributed by atoms with van der Waals surface area (Å²) in [4.78, 5) is 27.5. The van der Waals surface area contributed by atoms with Crippen molar-refractivity contribution in [2.45, 2.75) is 45.6 Å². The number of rotatable bonds is 6. The number of nitrogens with one attached hydrogen (secondary N) is 1. The lowest BCUT2D eigenvalue weighted by Gasteiger charge is -2.39. The van der Waals surface area contributed by atoms with Crippen LogP contribution in [0, 0.1) is 5.41 Å². The fraction of sp³-hybridized carbons (Fsp3) is 0.867. The van der Waals surface area contributed by atoms with Crippen LogP contribution in [-0.4, -0.2) is 66.7 Å². The van der Waals surface area contributed by atoms with Crippen LogP contribution in [0.1, 0.15) is 39.5 Å². The summed E-state index contributed by atoms with van der Waals surface area (Å²) in [5.41, 5.74) is -0.638. The van der Waals surface area contributed by atoms with E-state index in [1.54, 1.807) is 4.90 Å². The normalized spacial score (nSPS) is 19.4. The lowest BCUT2D eigenvalue weighted by molar-refractivity contribution is -0.152. The molecule has 2 N–H and O–H groups in total. The molecule has 1 atom stereocenters. The second-order valence-electron chi connectivity index (χ2n) is 6.44. The van der Waals surface area contributed by atoms with E-state index in [-0.39, 0.29) is 12.1 Å². The molecule has 6 heteroatoms. The van der Waals surface area contributed by atoms with Crippen LogP contribution in [0.3, 0.4) is 0 Å². The maximum Gasteiger partial charge on any atom is 0.317 e. The smallest absolute Gasteiger partial charge is 0.317 e. The highest BCUT2D eigenvalue weighted by molar-refractivity contribution is 5.77. The molecule has 2 amide bonds. The molecule has 0 aromatic carbocycles. The number of aliphatic carboxylic acids is 1. The highest BCUT2D eigenvalue weighted by atomic mass is 16.4. The highest BCUT2D eigenvalue weighted by Gasteiger charge is 2.41. The molecule has 0 radical (unpaired) electrons. The third-order valence-electron chi connectivity index (χ3n) is 4.20. The van der Waals surface area contributed by atoms with Crippen molar-refractivity contribution in [1.29, 1.82) is 0 Å². The molecule has 0 aromatic heterocycles. The third-order valence-corrected chi connectivity index (χ3v) is 4.20. The van der Waals surface area contributed by atoms with Gasteiger partial charge in [0.15, 0.2) is 0 Å². The van der Waals surface area contributed by atoms with Crippen LogP contribution in [0.2, 0.25) is 0 Å².